The summed E-state index contributed by atoms with van der Waals surface area (Å²) in [6.45, 7) is 0. The molecule has 2 rings (SSSR count). The standard InChI is InChI=1S/C11H15N3O/c1-14(2)9-6-7-4-3-5-8(12)10(7)13-11(9)15/h3-5,9H,6,12H2,1-2H3,(H,13,15). The lowest BCUT2D eigenvalue weighted by atomic mass is 9.97. The number of fused-ring (bicyclic) bond motifs is 1. The van der Waals surface area contributed by atoms with Crippen LogP contribution in [-0.4, -0.2) is 30.9 Å². The molecule has 15 heavy (non-hydrogen) atoms. The van der Waals surface area contributed by atoms with Crippen LogP contribution in [0.5, 0.6) is 0 Å². The molecule has 0 bridgehead atoms. The minimum atomic E-state index is -0.0979. The van der Waals surface area contributed by atoms with E-state index in [9.17, 15) is 4.79 Å². The minimum Gasteiger partial charge on any atom is -0.397 e. The maximum Gasteiger partial charge on any atom is 0.242 e. The van der Waals surface area contributed by atoms with Gasteiger partial charge in [-0.3, -0.25) is 9.69 Å². The van der Waals surface area contributed by atoms with Crippen LogP contribution in [0.25, 0.3) is 0 Å². The fourth-order valence-corrected chi connectivity index (χ4v) is 1.87. The van der Waals surface area contributed by atoms with Crippen molar-refractivity contribution in [2.75, 3.05) is 25.1 Å². The Labute approximate surface area is 89.1 Å². The zero-order valence-electron chi connectivity index (χ0n) is 8.95. The van der Waals surface area contributed by atoms with Gasteiger partial charge in [-0.1, -0.05) is 12.1 Å². The van der Waals surface area contributed by atoms with Crippen LogP contribution in [0.15, 0.2) is 18.2 Å². The van der Waals surface area contributed by atoms with E-state index in [0.29, 0.717) is 5.69 Å². The Balaban J connectivity index is 2.38. The van der Waals surface area contributed by atoms with Crippen molar-refractivity contribution in [3.05, 3.63) is 23.8 Å². The number of benzene rings is 1. The van der Waals surface area contributed by atoms with Crippen LogP contribution < -0.4 is 11.1 Å². The van der Waals surface area contributed by atoms with Crippen LogP contribution >= 0.6 is 0 Å². The van der Waals surface area contributed by atoms with Gasteiger partial charge >= 0.3 is 0 Å². The number of amides is 1. The van der Waals surface area contributed by atoms with Gasteiger partial charge in [0.05, 0.1) is 17.4 Å². The lowest BCUT2D eigenvalue weighted by Gasteiger charge is -2.29. The van der Waals surface area contributed by atoms with Crippen molar-refractivity contribution in [2.24, 2.45) is 0 Å². The van der Waals surface area contributed by atoms with E-state index < -0.39 is 0 Å². The Morgan fingerprint density at radius 1 is 1.47 bits per heavy atom. The molecule has 0 radical (unpaired) electrons. The molecule has 1 atom stereocenters. The molecule has 1 amide bonds. The van der Waals surface area contributed by atoms with E-state index in [2.05, 4.69) is 5.32 Å². The molecule has 0 fully saturated rings. The fraction of sp³-hybridized carbons (Fsp3) is 0.364. The molecule has 1 aliphatic rings. The van der Waals surface area contributed by atoms with Gasteiger partial charge in [0.1, 0.15) is 0 Å². The van der Waals surface area contributed by atoms with Gasteiger partial charge in [-0.15, -0.1) is 0 Å². The third-order valence-corrected chi connectivity index (χ3v) is 2.77. The highest BCUT2D eigenvalue weighted by Gasteiger charge is 2.28. The average molecular weight is 205 g/mol. The van der Waals surface area contributed by atoms with Crippen LogP contribution in [0.1, 0.15) is 5.56 Å². The lowest BCUT2D eigenvalue weighted by Crippen LogP contribution is -2.44. The molecule has 0 spiro atoms. The summed E-state index contributed by atoms with van der Waals surface area (Å²) in [5.74, 6) is 0.0189. The van der Waals surface area contributed by atoms with Crippen molar-refractivity contribution in [3.8, 4) is 0 Å². The average Bonchev–Trinajstić information content (AvgIpc) is 2.18. The first-order chi connectivity index (χ1) is 7.09. The van der Waals surface area contributed by atoms with E-state index in [1.54, 1.807) is 6.07 Å². The Morgan fingerprint density at radius 2 is 2.20 bits per heavy atom. The number of carbonyl (C=O) groups excluding carboxylic acids is 1. The number of para-hydroxylation sites is 1. The fourth-order valence-electron chi connectivity index (χ4n) is 1.87. The van der Waals surface area contributed by atoms with Gasteiger partial charge in [-0.2, -0.15) is 0 Å². The lowest BCUT2D eigenvalue weighted by molar-refractivity contribution is -0.120. The summed E-state index contributed by atoms with van der Waals surface area (Å²) >= 11 is 0. The second-order valence-corrected chi connectivity index (χ2v) is 4.05. The molecule has 0 aliphatic carbocycles. The highest BCUT2D eigenvalue weighted by molar-refractivity contribution is 6.00. The van der Waals surface area contributed by atoms with Gasteiger partial charge in [0.2, 0.25) is 5.91 Å². The number of rotatable bonds is 1. The summed E-state index contributed by atoms with van der Waals surface area (Å²) in [7, 11) is 3.81. The smallest absolute Gasteiger partial charge is 0.242 e. The summed E-state index contributed by atoms with van der Waals surface area (Å²) in [6, 6.07) is 5.62. The van der Waals surface area contributed by atoms with Crippen LogP contribution in [0.4, 0.5) is 11.4 Å². The van der Waals surface area contributed by atoms with Gasteiger partial charge in [0.15, 0.2) is 0 Å². The number of likely N-dealkylation sites (N-methyl/N-ethyl adjacent to an activating group) is 1. The van der Waals surface area contributed by atoms with Crippen LogP contribution in [0.2, 0.25) is 0 Å². The molecular weight excluding hydrogens is 190 g/mol. The van der Waals surface area contributed by atoms with Crippen molar-refractivity contribution in [1.82, 2.24) is 4.90 Å². The van der Waals surface area contributed by atoms with Crippen LogP contribution in [0, 0.1) is 0 Å². The number of nitrogen functional groups attached to an aromatic ring is 1. The number of nitrogens with one attached hydrogen (secondary N) is 1. The predicted octanol–water partition coefficient (Wildman–Crippen LogP) is 0.694. The van der Waals surface area contributed by atoms with E-state index in [4.69, 9.17) is 5.73 Å². The second kappa shape index (κ2) is 3.55. The zero-order chi connectivity index (χ0) is 11.0. The largest absolute Gasteiger partial charge is 0.397 e. The van der Waals surface area contributed by atoms with Gasteiger partial charge in [-0.05, 0) is 32.1 Å². The predicted molar refractivity (Wildman–Crippen MR) is 60.7 cm³/mol. The molecule has 0 aromatic heterocycles. The summed E-state index contributed by atoms with van der Waals surface area (Å²) in [4.78, 5) is 13.7. The van der Waals surface area contributed by atoms with E-state index in [1.807, 2.05) is 31.1 Å². The molecule has 1 aromatic carbocycles. The van der Waals surface area contributed by atoms with E-state index >= 15 is 0 Å². The van der Waals surface area contributed by atoms with Gasteiger partial charge < -0.3 is 11.1 Å². The van der Waals surface area contributed by atoms with Gasteiger partial charge in [-0.25, -0.2) is 0 Å². The molecule has 4 nitrogen and oxygen atoms in total. The maximum atomic E-state index is 11.7. The van der Waals surface area contributed by atoms with Crippen molar-refractivity contribution >= 4 is 17.3 Å². The van der Waals surface area contributed by atoms with Gasteiger partial charge in [0, 0.05) is 0 Å². The molecule has 1 aliphatic heterocycles. The first-order valence-electron chi connectivity index (χ1n) is 4.94. The molecule has 4 heteroatoms. The molecular formula is C11H15N3O. The number of hydrogen-bond donors (Lipinski definition) is 2. The second-order valence-electron chi connectivity index (χ2n) is 4.05. The minimum absolute atomic E-state index is 0.0189. The monoisotopic (exact) mass is 205 g/mol. The van der Waals surface area contributed by atoms with Crippen molar-refractivity contribution < 1.29 is 4.79 Å². The Hall–Kier alpha value is -1.55. The molecule has 0 saturated heterocycles. The molecule has 3 N–H and O–H groups in total. The number of carbonyl (C=O) groups is 1. The number of nitrogens with two attached hydrogens (primary N) is 1. The van der Waals surface area contributed by atoms with Crippen LogP contribution in [-0.2, 0) is 11.2 Å². The Morgan fingerprint density at radius 3 is 2.87 bits per heavy atom. The third-order valence-electron chi connectivity index (χ3n) is 2.77. The molecule has 80 valence electrons. The van der Waals surface area contributed by atoms with E-state index in [-0.39, 0.29) is 11.9 Å². The maximum absolute atomic E-state index is 11.7. The van der Waals surface area contributed by atoms with Crippen molar-refractivity contribution in [3.63, 3.8) is 0 Å². The summed E-state index contributed by atoms with van der Waals surface area (Å²) in [5, 5.41) is 2.85. The summed E-state index contributed by atoms with van der Waals surface area (Å²) < 4.78 is 0. The van der Waals surface area contributed by atoms with Crippen LogP contribution in [0.3, 0.4) is 0 Å². The van der Waals surface area contributed by atoms with Crippen molar-refractivity contribution in [2.45, 2.75) is 12.5 Å². The number of nitrogens with zero attached hydrogens (tertiary/aromatic N) is 1. The topological polar surface area (TPSA) is 58.4 Å². The van der Waals surface area contributed by atoms with E-state index in [1.165, 1.54) is 0 Å². The highest BCUT2D eigenvalue weighted by atomic mass is 16.2. The van der Waals surface area contributed by atoms with Crippen molar-refractivity contribution in [1.29, 1.82) is 0 Å². The summed E-state index contributed by atoms with van der Waals surface area (Å²) in [6.07, 6.45) is 0.721. The Bertz CT molecular complexity index is 401. The highest BCUT2D eigenvalue weighted by Crippen LogP contribution is 2.29. The molecule has 1 aromatic rings. The normalized spacial score (nSPS) is 19.9. The number of anilines is 2. The Kier molecular flexibility index (Phi) is 2.36. The quantitative estimate of drug-likeness (QED) is 0.663. The third kappa shape index (κ3) is 1.68. The SMILES string of the molecule is CN(C)C1Cc2cccc(N)c2NC1=O. The van der Waals surface area contributed by atoms with E-state index in [0.717, 1.165) is 17.7 Å². The molecule has 1 heterocycles. The zero-order valence-corrected chi connectivity index (χ0v) is 8.95. The molecule has 0 saturated carbocycles. The number of hydrogen-bond acceptors (Lipinski definition) is 3. The molecule has 1 unspecified atom stereocenters. The first kappa shape index (κ1) is 9.98. The summed E-state index contributed by atoms with van der Waals surface area (Å²) in [5.41, 5.74) is 8.32. The first-order valence-corrected chi connectivity index (χ1v) is 4.94. The van der Waals surface area contributed by atoms with Gasteiger partial charge in [0.25, 0.3) is 0 Å².